The molecule has 80 valence electrons. The van der Waals surface area contributed by atoms with Crippen LogP contribution < -0.4 is 0 Å². The summed E-state index contributed by atoms with van der Waals surface area (Å²) in [5.41, 5.74) is -0.627. The summed E-state index contributed by atoms with van der Waals surface area (Å²) in [7, 11) is 0. The molecule has 0 saturated carbocycles. The Morgan fingerprint density at radius 1 is 1.43 bits per heavy atom. The van der Waals surface area contributed by atoms with E-state index >= 15 is 0 Å². The van der Waals surface area contributed by atoms with Gasteiger partial charge in [0.2, 0.25) is 0 Å². The molecule has 0 aromatic rings. The first kappa shape index (κ1) is 9.93. The Balaban J connectivity index is 1.99. The van der Waals surface area contributed by atoms with Gasteiger partial charge in [0.25, 0.3) is 0 Å². The van der Waals surface area contributed by atoms with E-state index in [1.54, 1.807) is 0 Å². The Morgan fingerprint density at radius 2 is 2.29 bits per heavy atom. The van der Waals surface area contributed by atoms with Gasteiger partial charge >= 0.3 is 5.97 Å². The Morgan fingerprint density at radius 3 is 2.79 bits per heavy atom. The van der Waals surface area contributed by atoms with Gasteiger partial charge in [-0.1, -0.05) is 0 Å². The molecule has 1 N–H and O–H groups in total. The minimum absolute atomic E-state index is 0.374. The summed E-state index contributed by atoms with van der Waals surface area (Å²) in [6, 6.07) is 0. The van der Waals surface area contributed by atoms with Crippen LogP contribution in [0.25, 0.3) is 0 Å². The molecule has 0 aromatic carbocycles. The van der Waals surface area contributed by atoms with Crippen molar-refractivity contribution in [3.05, 3.63) is 0 Å². The van der Waals surface area contributed by atoms with E-state index in [4.69, 9.17) is 9.47 Å². The number of ether oxygens (including phenoxy) is 2. The highest BCUT2D eigenvalue weighted by molar-refractivity contribution is 5.75. The first-order valence-electron chi connectivity index (χ1n) is 5.12. The summed E-state index contributed by atoms with van der Waals surface area (Å²) in [5.74, 6) is -0.297. The van der Waals surface area contributed by atoms with E-state index in [0.717, 1.165) is 19.6 Å². The molecule has 2 fully saturated rings. The predicted octanol–water partition coefficient (Wildman–Crippen LogP) is 0.904. The summed E-state index contributed by atoms with van der Waals surface area (Å²) in [6.07, 6.45) is 2.36. The van der Waals surface area contributed by atoms with E-state index < -0.39 is 11.4 Å². The topological polar surface area (TPSA) is 55.8 Å². The lowest BCUT2D eigenvalue weighted by molar-refractivity contribution is -0.150. The van der Waals surface area contributed by atoms with Crippen LogP contribution in [0.15, 0.2) is 0 Å². The van der Waals surface area contributed by atoms with Gasteiger partial charge in [-0.15, -0.1) is 0 Å². The van der Waals surface area contributed by atoms with Crippen LogP contribution in [-0.2, 0) is 14.3 Å². The van der Waals surface area contributed by atoms with Gasteiger partial charge in [-0.25, -0.2) is 0 Å². The van der Waals surface area contributed by atoms with Crippen molar-refractivity contribution in [1.29, 1.82) is 0 Å². The van der Waals surface area contributed by atoms with E-state index in [2.05, 4.69) is 0 Å². The fourth-order valence-corrected chi connectivity index (χ4v) is 2.32. The van der Waals surface area contributed by atoms with Gasteiger partial charge in [-0.05, 0) is 25.2 Å². The molecule has 0 aromatic heterocycles. The summed E-state index contributed by atoms with van der Waals surface area (Å²) in [6.45, 7) is 2.45. The van der Waals surface area contributed by atoms with Crippen LogP contribution in [-0.4, -0.2) is 37.5 Å². The highest BCUT2D eigenvalue weighted by atomic mass is 16.5. The lowest BCUT2D eigenvalue weighted by Crippen LogP contribution is -2.34. The molecule has 0 bridgehead atoms. The molecule has 4 nitrogen and oxygen atoms in total. The largest absolute Gasteiger partial charge is 0.481 e. The third kappa shape index (κ3) is 1.77. The van der Waals surface area contributed by atoms with E-state index in [0.29, 0.717) is 32.0 Å². The van der Waals surface area contributed by atoms with E-state index in [9.17, 15) is 9.90 Å². The van der Waals surface area contributed by atoms with Crippen LogP contribution >= 0.6 is 0 Å². The van der Waals surface area contributed by atoms with Gasteiger partial charge in [0.05, 0.1) is 12.0 Å². The molecule has 2 aliphatic rings. The molecule has 0 radical (unpaired) electrons. The van der Waals surface area contributed by atoms with Crippen LogP contribution in [0.4, 0.5) is 0 Å². The van der Waals surface area contributed by atoms with Crippen molar-refractivity contribution in [2.24, 2.45) is 11.3 Å². The molecule has 2 atom stereocenters. The first-order valence-corrected chi connectivity index (χ1v) is 5.12. The Hall–Kier alpha value is -0.610. The highest BCUT2D eigenvalue weighted by Gasteiger charge is 2.44. The molecule has 2 aliphatic heterocycles. The predicted molar refractivity (Wildman–Crippen MR) is 49.0 cm³/mol. The van der Waals surface area contributed by atoms with Crippen LogP contribution in [0.1, 0.15) is 19.3 Å². The third-order valence-electron chi connectivity index (χ3n) is 3.26. The van der Waals surface area contributed by atoms with Gasteiger partial charge in [0, 0.05) is 19.8 Å². The van der Waals surface area contributed by atoms with Crippen LogP contribution in [0, 0.1) is 11.3 Å². The van der Waals surface area contributed by atoms with Crippen LogP contribution in [0.5, 0.6) is 0 Å². The van der Waals surface area contributed by atoms with Crippen molar-refractivity contribution < 1.29 is 19.4 Å². The zero-order valence-electron chi connectivity index (χ0n) is 8.20. The SMILES string of the molecule is O=C(O)C1(CC2CCOC2)CCOC1. The monoisotopic (exact) mass is 200 g/mol. The lowest BCUT2D eigenvalue weighted by Gasteiger charge is -2.24. The van der Waals surface area contributed by atoms with E-state index in [1.807, 2.05) is 0 Å². The fraction of sp³-hybridized carbons (Fsp3) is 0.900. The minimum Gasteiger partial charge on any atom is -0.481 e. The summed E-state index contributed by atoms with van der Waals surface area (Å²) < 4.78 is 10.5. The first-order chi connectivity index (χ1) is 6.73. The zero-order chi connectivity index (χ0) is 10.0. The molecule has 2 unspecified atom stereocenters. The number of carbonyl (C=O) groups is 1. The molecule has 2 saturated heterocycles. The molecule has 2 heterocycles. The number of hydrogen-bond acceptors (Lipinski definition) is 3. The average molecular weight is 200 g/mol. The Kier molecular flexibility index (Phi) is 2.74. The van der Waals surface area contributed by atoms with Crippen LogP contribution in [0.2, 0.25) is 0 Å². The number of carboxylic acids is 1. The van der Waals surface area contributed by atoms with Crippen molar-refractivity contribution >= 4 is 5.97 Å². The van der Waals surface area contributed by atoms with Crippen molar-refractivity contribution in [2.45, 2.75) is 19.3 Å². The molecular formula is C10H16O4. The molecule has 14 heavy (non-hydrogen) atoms. The van der Waals surface area contributed by atoms with Gasteiger partial charge in [0.15, 0.2) is 0 Å². The summed E-state index contributed by atoms with van der Waals surface area (Å²) >= 11 is 0. The molecular weight excluding hydrogens is 184 g/mol. The van der Waals surface area contributed by atoms with Gasteiger partial charge < -0.3 is 14.6 Å². The average Bonchev–Trinajstić information content (AvgIpc) is 2.76. The van der Waals surface area contributed by atoms with E-state index in [1.165, 1.54) is 0 Å². The smallest absolute Gasteiger partial charge is 0.312 e. The quantitative estimate of drug-likeness (QED) is 0.735. The maximum Gasteiger partial charge on any atom is 0.312 e. The van der Waals surface area contributed by atoms with Gasteiger partial charge in [-0.3, -0.25) is 4.79 Å². The second kappa shape index (κ2) is 3.87. The molecule has 4 heteroatoms. The maximum absolute atomic E-state index is 11.2. The normalized spacial score (nSPS) is 37.6. The van der Waals surface area contributed by atoms with Crippen molar-refractivity contribution in [3.63, 3.8) is 0 Å². The van der Waals surface area contributed by atoms with Crippen molar-refractivity contribution in [1.82, 2.24) is 0 Å². The molecule has 0 amide bonds. The number of aliphatic carboxylic acids is 1. The van der Waals surface area contributed by atoms with Crippen LogP contribution in [0.3, 0.4) is 0 Å². The van der Waals surface area contributed by atoms with Crippen molar-refractivity contribution in [2.75, 3.05) is 26.4 Å². The Labute approximate surface area is 83.2 Å². The van der Waals surface area contributed by atoms with Gasteiger partial charge in [0.1, 0.15) is 0 Å². The highest BCUT2D eigenvalue weighted by Crippen LogP contribution is 2.37. The summed E-state index contributed by atoms with van der Waals surface area (Å²) in [5, 5.41) is 9.20. The fourth-order valence-electron chi connectivity index (χ4n) is 2.32. The Bertz CT molecular complexity index is 214. The second-order valence-corrected chi connectivity index (χ2v) is 4.32. The number of carboxylic acid groups (broad SMARTS) is 1. The maximum atomic E-state index is 11.2. The zero-order valence-corrected chi connectivity index (χ0v) is 8.20. The number of rotatable bonds is 3. The number of hydrogen-bond donors (Lipinski definition) is 1. The van der Waals surface area contributed by atoms with Gasteiger partial charge in [-0.2, -0.15) is 0 Å². The molecule has 0 aliphatic carbocycles. The molecule has 2 rings (SSSR count). The summed E-state index contributed by atoms with van der Waals surface area (Å²) in [4.78, 5) is 11.2. The standard InChI is InChI=1S/C10H16O4/c11-9(12)10(2-4-14-7-10)5-8-1-3-13-6-8/h8H,1-7H2,(H,11,12). The molecule has 0 spiro atoms. The third-order valence-corrected chi connectivity index (χ3v) is 3.26. The minimum atomic E-state index is -0.707. The lowest BCUT2D eigenvalue weighted by atomic mass is 9.78. The van der Waals surface area contributed by atoms with Crippen molar-refractivity contribution in [3.8, 4) is 0 Å². The van der Waals surface area contributed by atoms with E-state index in [-0.39, 0.29) is 0 Å². The second-order valence-electron chi connectivity index (χ2n) is 4.32.